The molecule has 1 heterocycles. The standard InChI is InChI=1S/C11H14BrN3O4/c1-7(11(16)19-3)6-14(2)10-9(12)4-8(5-13-10)15(17)18/h4-5,7H,6H2,1-3H3. The van der Waals surface area contributed by atoms with Crippen LogP contribution in [0.5, 0.6) is 0 Å². The van der Waals surface area contributed by atoms with E-state index in [4.69, 9.17) is 0 Å². The topological polar surface area (TPSA) is 85.6 Å². The molecule has 1 aromatic rings. The van der Waals surface area contributed by atoms with E-state index in [-0.39, 0.29) is 17.6 Å². The second-order valence-corrected chi connectivity index (χ2v) is 4.92. The Labute approximate surface area is 118 Å². The van der Waals surface area contributed by atoms with Crippen LogP contribution in [0.1, 0.15) is 6.92 Å². The van der Waals surface area contributed by atoms with Gasteiger partial charge in [0.25, 0.3) is 5.69 Å². The van der Waals surface area contributed by atoms with Crippen molar-refractivity contribution in [2.24, 2.45) is 5.92 Å². The molecule has 1 atom stereocenters. The Morgan fingerprint density at radius 3 is 2.79 bits per heavy atom. The number of nitrogens with zero attached hydrogens (tertiary/aromatic N) is 3. The summed E-state index contributed by atoms with van der Waals surface area (Å²) in [6.07, 6.45) is 1.18. The number of rotatable bonds is 5. The molecule has 1 aromatic heterocycles. The Balaban J connectivity index is 2.85. The number of ether oxygens (including phenoxy) is 1. The fraction of sp³-hybridized carbons (Fsp3) is 0.455. The predicted molar refractivity (Wildman–Crippen MR) is 73.0 cm³/mol. The highest BCUT2D eigenvalue weighted by Gasteiger charge is 2.19. The molecule has 0 bridgehead atoms. The second kappa shape index (κ2) is 6.46. The van der Waals surface area contributed by atoms with E-state index in [0.29, 0.717) is 16.8 Å². The number of methoxy groups -OCH3 is 1. The van der Waals surface area contributed by atoms with Gasteiger partial charge >= 0.3 is 5.97 Å². The van der Waals surface area contributed by atoms with Gasteiger partial charge in [-0.3, -0.25) is 14.9 Å². The summed E-state index contributed by atoms with van der Waals surface area (Å²) in [5, 5.41) is 10.6. The minimum absolute atomic E-state index is 0.0926. The molecule has 104 valence electrons. The van der Waals surface area contributed by atoms with Crippen molar-refractivity contribution in [3.8, 4) is 0 Å². The number of carbonyl (C=O) groups is 1. The van der Waals surface area contributed by atoms with Crippen LogP contribution in [0.25, 0.3) is 0 Å². The normalized spacial score (nSPS) is 11.8. The van der Waals surface area contributed by atoms with Crippen LogP contribution in [0.15, 0.2) is 16.7 Å². The first-order valence-electron chi connectivity index (χ1n) is 5.45. The monoisotopic (exact) mass is 331 g/mol. The Bertz CT molecular complexity index is 495. The SMILES string of the molecule is COC(=O)C(C)CN(C)c1ncc([N+](=O)[O-])cc1Br. The number of hydrogen-bond acceptors (Lipinski definition) is 6. The highest BCUT2D eigenvalue weighted by Crippen LogP contribution is 2.27. The summed E-state index contributed by atoms with van der Waals surface area (Å²) in [4.78, 5) is 27.2. The third-order valence-corrected chi connectivity index (χ3v) is 3.11. The summed E-state index contributed by atoms with van der Waals surface area (Å²) >= 11 is 3.24. The first kappa shape index (κ1) is 15.4. The summed E-state index contributed by atoms with van der Waals surface area (Å²) in [5.74, 6) is -0.106. The third-order valence-electron chi connectivity index (χ3n) is 2.53. The fourth-order valence-electron chi connectivity index (χ4n) is 1.57. The molecule has 0 saturated heterocycles. The van der Waals surface area contributed by atoms with Crippen molar-refractivity contribution < 1.29 is 14.5 Å². The summed E-state index contributed by atoms with van der Waals surface area (Å²) < 4.78 is 5.14. The van der Waals surface area contributed by atoms with Gasteiger partial charge < -0.3 is 9.64 Å². The largest absolute Gasteiger partial charge is 0.469 e. The van der Waals surface area contributed by atoms with Crippen LogP contribution in [0.4, 0.5) is 11.5 Å². The summed E-state index contributed by atoms with van der Waals surface area (Å²) in [6.45, 7) is 2.14. The average Bonchev–Trinajstić information content (AvgIpc) is 2.37. The molecule has 1 unspecified atom stereocenters. The molecule has 0 aliphatic rings. The van der Waals surface area contributed by atoms with E-state index in [2.05, 4.69) is 25.7 Å². The number of carbonyl (C=O) groups excluding carboxylic acids is 1. The van der Waals surface area contributed by atoms with Crippen LogP contribution >= 0.6 is 15.9 Å². The van der Waals surface area contributed by atoms with E-state index in [1.54, 1.807) is 18.9 Å². The number of halogens is 1. The molecular weight excluding hydrogens is 318 g/mol. The molecule has 8 heteroatoms. The van der Waals surface area contributed by atoms with Crippen LogP contribution in [-0.4, -0.2) is 36.6 Å². The van der Waals surface area contributed by atoms with Gasteiger partial charge in [-0.15, -0.1) is 0 Å². The van der Waals surface area contributed by atoms with Crippen LogP contribution in [-0.2, 0) is 9.53 Å². The van der Waals surface area contributed by atoms with Crippen molar-refractivity contribution in [3.05, 3.63) is 26.9 Å². The summed E-state index contributed by atoms with van der Waals surface area (Å²) in [6, 6.07) is 1.38. The fourth-order valence-corrected chi connectivity index (χ4v) is 2.21. The van der Waals surface area contributed by atoms with Gasteiger partial charge in [-0.2, -0.15) is 0 Å². The van der Waals surface area contributed by atoms with Gasteiger partial charge in [0.2, 0.25) is 0 Å². The smallest absolute Gasteiger partial charge is 0.310 e. The minimum atomic E-state index is -0.515. The molecule has 0 radical (unpaired) electrons. The first-order valence-corrected chi connectivity index (χ1v) is 6.25. The lowest BCUT2D eigenvalue weighted by Gasteiger charge is -2.21. The first-order chi connectivity index (χ1) is 8.86. The van der Waals surface area contributed by atoms with Crippen molar-refractivity contribution in [1.29, 1.82) is 0 Å². The van der Waals surface area contributed by atoms with Gasteiger partial charge in [-0.1, -0.05) is 6.92 Å². The Kier molecular flexibility index (Phi) is 5.22. The number of aromatic nitrogens is 1. The Hall–Kier alpha value is -1.70. The van der Waals surface area contributed by atoms with E-state index in [1.807, 2.05) is 0 Å². The van der Waals surface area contributed by atoms with Crippen molar-refractivity contribution in [1.82, 2.24) is 4.98 Å². The third kappa shape index (κ3) is 3.88. The molecule has 7 nitrogen and oxygen atoms in total. The molecule has 0 aromatic carbocycles. The summed E-state index contributed by atoms with van der Waals surface area (Å²) in [7, 11) is 3.08. The molecule has 0 fully saturated rings. The predicted octanol–water partition coefficient (Wildman–Crippen LogP) is 2.00. The molecule has 0 aliphatic heterocycles. The van der Waals surface area contributed by atoms with Crippen LogP contribution in [0, 0.1) is 16.0 Å². The van der Waals surface area contributed by atoms with E-state index in [1.165, 1.54) is 19.4 Å². The van der Waals surface area contributed by atoms with E-state index < -0.39 is 4.92 Å². The van der Waals surface area contributed by atoms with Gasteiger partial charge in [0.1, 0.15) is 12.0 Å². The zero-order valence-electron chi connectivity index (χ0n) is 10.8. The number of pyridine rings is 1. The van der Waals surface area contributed by atoms with E-state index in [9.17, 15) is 14.9 Å². The zero-order valence-corrected chi connectivity index (χ0v) is 12.4. The van der Waals surface area contributed by atoms with Crippen molar-refractivity contribution in [3.63, 3.8) is 0 Å². The number of esters is 1. The maximum absolute atomic E-state index is 11.3. The Morgan fingerprint density at radius 1 is 1.68 bits per heavy atom. The van der Waals surface area contributed by atoms with Crippen molar-refractivity contribution >= 4 is 33.4 Å². The second-order valence-electron chi connectivity index (χ2n) is 4.06. The lowest BCUT2D eigenvalue weighted by molar-refractivity contribution is -0.385. The molecule has 0 aliphatic carbocycles. The van der Waals surface area contributed by atoms with Crippen LogP contribution in [0.3, 0.4) is 0 Å². The van der Waals surface area contributed by atoms with E-state index in [0.717, 1.165) is 0 Å². The maximum Gasteiger partial charge on any atom is 0.310 e. The molecule has 1 rings (SSSR count). The van der Waals surface area contributed by atoms with Gasteiger partial charge in [0.15, 0.2) is 0 Å². The molecule has 0 amide bonds. The molecule has 0 N–H and O–H groups in total. The zero-order chi connectivity index (χ0) is 14.6. The number of anilines is 1. The minimum Gasteiger partial charge on any atom is -0.469 e. The summed E-state index contributed by atoms with van der Waals surface area (Å²) in [5.41, 5.74) is -0.0926. The lowest BCUT2D eigenvalue weighted by Crippen LogP contribution is -2.30. The molecule has 19 heavy (non-hydrogen) atoms. The van der Waals surface area contributed by atoms with E-state index >= 15 is 0 Å². The molecule has 0 saturated carbocycles. The quantitative estimate of drug-likeness (QED) is 0.466. The average molecular weight is 332 g/mol. The van der Waals surface area contributed by atoms with Gasteiger partial charge in [0, 0.05) is 19.7 Å². The van der Waals surface area contributed by atoms with Crippen LogP contribution in [0.2, 0.25) is 0 Å². The van der Waals surface area contributed by atoms with Gasteiger partial charge in [0.05, 0.1) is 22.4 Å². The number of nitro groups is 1. The van der Waals surface area contributed by atoms with Crippen molar-refractivity contribution in [2.45, 2.75) is 6.92 Å². The highest BCUT2D eigenvalue weighted by molar-refractivity contribution is 9.10. The maximum atomic E-state index is 11.3. The van der Waals surface area contributed by atoms with Crippen molar-refractivity contribution in [2.75, 3.05) is 25.6 Å². The molecule has 0 spiro atoms. The Morgan fingerprint density at radius 2 is 2.32 bits per heavy atom. The lowest BCUT2D eigenvalue weighted by atomic mass is 10.2. The number of hydrogen-bond donors (Lipinski definition) is 0. The molecular formula is C11H14BrN3O4. The van der Waals surface area contributed by atoms with Crippen LogP contribution < -0.4 is 4.90 Å². The highest BCUT2D eigenvalue weighted by atomic mass is 79.9. The van der Waals surface area contributed by atoms with Gasteiger partial charge in [-0.05, 0) is 15.9 Å². The van der Waals surface area contributed by atoms with Gasteiger partial charge in [-0.25, -0.2) is 4.98 Å².